The molecule has 1 N–H and O–H groups in total. The molecule has 0 fully saturated rings. The Hall–Kier alpha value is -3.56. The van der Waals surface area contributed by atoms with Gasteiger partial charge in [-0.15, -0.1) is 0 Å². The molecule has 3 aromatic rings. The summed E-state index contributed by atoms with van der Waals surface area (Å²) >= 11 is 6.41. The van der Waals surface area contributed by atoms with Crippen LogP contribution in [0.3, 0.4) is 0 Å². The first-order valence-electron chi connectivity index (χ1n) is 13.7. The van der Waals surface area contributed by atoms with Gasteiger partial charge in [-0.05, 0) is 75.2 Å². The van der Waals surface area contributed by atoms with Gasteiger partial charge in [0.2, 0.25) is 11.8 Å². The second-order valence-electron chi connectivity index (χ2n) is 9.69. The van der Waals surface area contributed by atoms with Crippen LogP contribution in [0.4, 0.5) is 5.69 Å². The lowest BCUT2D eigenvalue weighted by atomic mass is 10.1. The van der Waals surface area contributed by atoms with Gasteiger partial charge in [-0.3, -0.25) is 13.9 Å². The molecule has 0 saturated carbocycles. The number of hydrogen-bond donors (Lipinski definition) is 1. The lowest BCUT2D eigenvalue weighted by Crippen LogP contribution is -2.51. The first-order valence-corrected chi connectivity index (χ1v) is 15.5. The number of unbranched alkanes of at least 4 members (excludes halogenated alkanes) is 1. The molecule has 2 amide bonds. The Morgan fingerprint density at radius 3 is 2.24 bits per heavy atom. The van der Waals surface area contributed by atoms with Crippen molar-refractivity contribution in [3.8, 4) is 5.75 Å². The third-order valence-corrected chi connectivity index (χ3v) is 8.78. The third kappa shape index (κ3) is 8.47. The molecule has 0 radical (unpaired) electrons. The van der Waals surface area contributed by atoms with Crippen molar-refractivity contribution in [1.29, 1.82) is 0 Å². The molecule has 0 bridgehead atoms. The molecule has 0 aromatic heterocycles. The maximum absolute atomic E-state index is 14.0. The molecule has 0 spiro atoms. The number of aryl methyl sites for hydroxylation is 1. The van der Waals surface area contributed by atoms with Crippen LogP contribution in [0.2, 0.25) is 5.02 Å². The predicted octanol–water partition coefficient (Wildman–Crippen LogP) is 5.58. The van der Waals surface area contributed by atoms with Crippen LogP contribution in [0.5, 0.6) is 5.75 Å². The van der Waals surface area contributed by atoms with E-state index in [-0.39, 0.29) is 17.3 Å². The molecule has 3 rings (SSSR count). The molecule has 10 heteroatoms. The van der Waals surface area contributed by atoms with Crippen LogP contribution in [-0.4, -0.2) is 50.9 Å². The molecule has 0 aliphatic carbocycles. The topological polar surface area (TPSA) is 96.0 Å². The Kier molecular flexibility index (Phi) is 11.6. The molecule has 0 aliphatic rings. The van der Waals surface area contributed by atoms with Gasteiger partial charge in [0.25, 0.3) is 10.0 Å². The Labute approximate surface area is 248 Å². The molecule has 1 atom stereocenters. The third-order valence-electron chi connectivity index (χ3n) is 6.62. The molecule has 0 heterocycles. The van der Waals surface area contributed by atoms with Gasteiger partial charge in [-0.1, -0.05) is 60.8 Å². The second kappa shape index (κ2) is 14.9. The average molecular weight is 600 g/mol. The minimum atomic E-state index is -4.17. The molecular formula is C31H38ClN3O5S. The largest absolute Gasteiger partial charge is 0.494 e. The van der Waals surface area contributed by atoms with Crippen molar-refractivity contribution < 1.29 is 22.7 Å². The summed E-state index contributed by atoms with van der Waals surface area (Å²) in [5.74, 6) is -0.327. The number of sulfonamides is 1. The van der Waals surface area contributed by atoms with E-state index in [1.54, 1.807) is 67.6 Å². The average Bonchev–Trinajstić information content (AvgIpc) is 2.96. The van der Waals surface area contributed by atoms with Crippen molar-refractivity contribution >= 4 is 39.1 Å². The Morgan fingerprint density at radius 2 is 1.63 bits per heavy atom. The van der Waals surface area contributed by atoms with E-state index in [0.29, 0.717) is 35.2 Å². The highest BCUT2D eigenvalue weighted by molar-refractivity contribution is 7.92. The lowest BCUT2D eigenvalue weighted by molar-refractivity contribution is -0.139. The van der Waals surface area contributed by atoms with Crippen molar-refractivity contribution in [3.63, 3.8) is 0 Å². The molecule has 1 unspecified atom stereocenters. The van der Waals surface area contributed by atoms with Crippen molar-refractivity contribution in [2.45, 2.75) is 58.0 Å². The quantitative estimate of drug-likeness (QED) is 0.244. The van der Waals surface area contributed by atoms with Gasteiger partial charge >= 0.3 is 0 Å². The maximum atomic E-state index is 14.0. The van der Waals surface area contributed by atoms with E-state index in [1.165, 1.54) is 17.0 Å². The molecule has 8 nitrogen and oxygen atoms in total. The van der Waals surface area contributed by atoms with Crippen LogP contribution in [-0.2, 0) is 26.2 Å². The number of carbonyl (C=O) groups is 2. The summed E-state index contributed by atoms with van der Waals surface area (Å²) in [6.07, 6.45) is 1.71. The summed E-state index contributed by atoms with van der Waals surface area (Å²) in [6.45, 7) is 7.83. The second-order valence-corrected chi connectivity index (χ2v) is 12.0. The van der Waals surface area contributed by atoms with Crippen LogP contribution in [0.25, 0.3) is 0 Å². The van der Waals surface area contributed by atoms with Crippen LogP contribution < -0.4 is 14.4 Å². The van der Waals surface area contributed by atoms with Crippen LogP contribution in [0, 0.1) is 6.92 Å². The number of halogens is 1. The van der Waals surface area contributed by atoms with E-state index >= 15 is 0 Å². The summed E-state index contributed by atoms with van der Waals surface area (Å²) in [7, 11) is -4.17. The standard InChI is InChI=1S/C31H38ClN3O5S/c1-5-7-20-33-31(37)24(4)34(21-25-10-8-9-11-29(25)32)30(36)22-35(26-14-12-23(3)13-15-26)41(38,39)28-18-16-27(17-19-28)40-6-2/h8-19,24H,5-7,20-22H2,1-4H3,(H,33,37). The van der Waals surface area contributed by atoms with E-state index in [4.69, 9.17) is 16.3 Å². The first kappa shape index (κ1) is 32.0. The number of hydrogen-bond acceptors (Lipinski definition) is 5. The van der Waals surface area contributed by atoms with Gasteiger partial charge in [0.05, 0.1) is 17.2 Å². The van der Waals surface area contributed by atoms with Crippen LogP contribution in [0.1, 0.15) is 44.7 Å². The number of benzene rings is 3. The number of rotatable bonds is 14. The van der Waals surface area contributed by atoms with Gasteiger partial charge in [0, 0.05) is 18.1 Å². The molecule has 220 valence electrons. The number of nitrogens with one attached hydrogen (secondary N) is 1. The van der Waals surface area contributed by atoms with E-state index in [2.05, 4.69) is 5.32 Å². The summed E-state index contributed by atoms with van der Waals surface area (Å²) in [4.78, 5) is 28.4. The van der Waals surface area contributed by atoms with Gasteiger partial charge in [-0.25, -0.2) is 8.42 Å². The molecule has 0 saturated heterocycles. The van der Waals surface area contributed by atoms with Gasteiger partial charge in [0.1, 0.15) is 18.3 Å². The molecule has 3 aromatic carbocycles. The highest BCUT2D eigenvalue weighted by atomic mass is 35.5. The van der Waals surface area contributed by atoms with Crippen LogP contribution >= 0.6 is 11.6 Å². The molecular weight excluding hydrogens is 562 g/mol. The van der Waals surface area contributed by atoms with Gasteiger partial charge in [0.15, 0.2) is 0 Å². The highest BCUT2D eigenvalue weighted by Crippen LogP contribution is 2.27. The summed E-state index contributed by atoms with van der Waals surface area (Å²) in [5.41, 5.74) is 1.92. The zero-order chi connectivity index (χ0) is 30.0. The van der Waals surface area contributed by atoms with E-state index in [0.717, 1.165) is 22.7 Å². The van der Waals surface area contributed by atoms with E-state index < -0.39 is 28.5 Å². The van der Waals surface area contributed by atoms with E-state index in [1.807, 2.05) is 20.8 Å². The lowest BCUT2D eigenvalue weighted by Gasteiger charge is -2.32. The number of nitrogens with zero attached hydrogens (tertiary/aromatic N) is 2. The monoisotopic (exact) mass is 599 g/mol. The van der Waals surface area contributed by atoms with Crippen LogP contribution in [0.15, 0.2) is 77.7 Å². The normalized spacial score (nSPS) is 11.9. The van der Waals surface area contributed by atoms with Crippen molar-refractivity contribution in [2.24, 2.45) is 0 Å². The highest BCUT2D eigenvalue weighted by Gasteiger charge is 2.32. The predicted molar refractivity (Wildman–Crippen MR) is 163 cm³/mol. The molecule has 41 heavy (non-hydrogen) atoms. The van der Waals surface area contributed by atoms with E-state index in [9.17, 15) is 18.0 Å². The van der Waals surface area contributed by atoms with Gasteiger partial charge < -0.3 is 15.0 Å². The summed E-state index contributed by atoms with van der Waals surface area (Å²) < 4.78 is 34.4. The zero-order valence-electron chi connectivity index (χ0n) is 24.0. The fourth-order valence-corrected chi connectivity index (χ4v) is 5.78. The molecule has 0 aliphatic heterocycles. The minimum absolute atomic E-state index is 0.0114. The van der Waals surface area contributed by atoms with Crippen molar-refractivity contribution in [1.82, 2.24) is 10.2 Å². The maximum Gasteiger partial charge on any atom is 0.264 e. The minimum Gasteiger partial charge on any atom is -0.494 e. The van der Waals surface area contributed by atoms with Gasteiger partial charge in [-0.2, -0.15) is 0 Å². The fourth-order valence-electron chi connectivity index (χ4n) is 4.17. The Bertz CT molecular complexity index is 1410. The first-order chi connectivity index (χ1) is 19.6. The fraction of sp³-hybridized carbons (Fsp3) is 0.355. The zero-order valence-corrected chi connectivity index (χ0v) is 25.5. The Morgan fingerprint density at radius 1 is 0.976 bits per heavy atom. The smallest absolute Gasteiger partial charge is 0.264 e. The SMILES string of the molecule is CCCCNC(=O)C(C)N(Cc1ccccc1Cl)C(=O)CN(c1ccc(C)cc1)S(=O)(=O)c1ccc(OCC)cc1. The number of anilines is 1. The number of carbonyl (C=O) groups excluding carboxylic acids is 2. The summed E-state index contributed by atoms with van der Waals surface area (Å²) in [5, 5.41) is 3.32. The summed E-state index contributed by atoms with van der Waals surface area (Å²) in [6, 6.07) is 19.2. The number of amides is 2. The van der Waals surface area contributed by atoms with Crippen molar-refractivity contribution in [3.05, 3.63) is 88.9 Å². The number of ether oxygens (including phenoxy) is 1. The Balaban J connectivity index is 2.00. The van der Waals surface area contributed by atoms with Crippen molar-refractivity contribution in [2.75, 3.05) is 24.0 Å².